The molecule has 0 aliphatic heterocycles. The van der Waals surface area contributed by atoms with Crippen molar-refractivity contribution < 1.29 is 23.1 Å². The summed E-state index contributed by atoms with van der Waals surface area (Å²) in [4.78, 5) is 18.1. The molecule has 0 aromatic carbocycles. The van der Waals surface area contributed by atoms with Crippen LogP contribution >= 0.6 is 0 Å². The van der Waals surface area contributed by atoms with Gasteiger partial charge in [0.25, 0.3) is 5.78 Å². The Bertz CT molecular complexity index is 667. The summed E-state index contributed by atoms with van der Waals surface area (Å²) >= 11 is 0. The lowest BCUT2D eigenvalue weighted by Crippen LogP contribution is -2.35. The van der Waals surface area contributed by atoms with E-state index >= 15 is 0 Å². The lowest BCUT2D eigenvalue weighted by molar-refractivity contribution is -0.141. The van der Waals surface area contributed by atoms with Crippen molar-refractivity contribution in [2.24, 2.45) is 5.92 Å². The van der Waals surface area contributed by atoms with Gasteiger partial charge in [-0.25, -0.2) is 9.78 Å². The predicted molar refractivity (Wildman–Crippen MR) is 65.7 cm³/mol. The monoisotopic (exact) mass is 303 g/mol. The molecule has 2 rings (SSSR count). The number of hydrogen-bond donors (Lipinski definition) is 2. The first kappa shape index (κ1) is 15.0. The quantitative estimate of drug-likeness (QED) is 0.892. The molecule has 0 unspecified atom stereocenters. The molecular weight excluding hydrogens is 291 g/mol. The second kappa shape index (κ2) is 5.19. The fourth-order valence-corrected chi connectivity index (χ4v) is 1.73. The minimum absolute atomic E-state index is 0.133. The number of halogens is 3. The van der Waals surface area contributed by atoms with E-state index in [1.165, 1.54) is 0 Å². The average Bonchev–Trinajstić information content (AvgIpc) is 2.81. The van der Waals surface area contributed by atoms with Crippen LogP contribution in [0, 0.1) is 5.92 Å². The normalized spacial score (nSPS) is 13.6. The van der Waals surface area contributed by atoms with Crippen LogP contribution in [-0.4, -0.2) is 36.7 Å². The number of anilines is 1. The summed E-state index contributed by atoms with van der Waals surface area (Å²) < 4.78 is 39.4. The van der Waals surface area contributed by atoms with E-state index in [2.05, 4.69) is 20.4 Å². The number of aromatic nitrogens is 4. The summed E-state index contributed by atoms with van der Waals surface area (Å²) in [5.41, 5.74) is -1.17. The number of carboxylic acid groups (broad SMARTS) is 1. The van der Waals surface area contributed by atoms with Gasteiger partial charge in [-0.05, 0) is 5.92 Å². The van der Waals surface area contributed by atoms with E-state index in [4.69, 9.17) is 5.11 Å². The first-order valence-corrected chi connectivity index (χ1v) is 5.97. The largest absolute Gasteiger partial charge is 0.480 e. The van der Waals surface area contributed by atoms with Gasteiger partial charge in [-0.3, -0.25) is 0 Å². The molecule has 1 atom stereocenters. The summed E-state index contributed by atoms with van der Waals surface area (Å²) in [6.07, 6.45) is -3.63. The highest BCUT2D eigenvalue weighted by atomic mass is 19.4. The van der Waals surface area contributed by atoms with Gasteiger partial charge in [0.2, 0.25) is 0 Å². The number of fused-ring (bicyclic) bond motifs is 1. The highest BCUT2D eigenvalue weighted by Gasteiger charge is 2.34. The van der Waals surface area contributed by atoms with Crippen molar-refractivity contribution in [2.75, 3.05) is 5.32 Å². The van der Waals surface area contributed by atoms with Crippen LogP contribution in [0.3, 0.4) is 0 Å². The minimum atomic E-state index is -4.67. The van der Waals surface area contributed by atoms with E-state index in [0.717, 1.165) is 10.8 Å². The molecule has 10 heteroatoms. The third-order valence-electron chi connectivity index (χ3n) is 2.78. The van der Waals surface area contributed by atoms with Crippen molar-refractivity contribution in [3.8, 4) is 0 Å². The van der Waals surface area contributed by atoms with Gasteiger partial charge in [0.15, 0.2) is 5.69 Å². The van der Waals surface area contributed by atoms with Gasteiger partial charge in [-0.15, -0.1) is 0 Å². The van der Waals surface area contributed by atoms with Crippen molar-refractivity contribution in [1.82, 2.24) is 19.6 Å². The molecule has 0 saturated carbocycles. The number of nitrogens with one attached hydrogen (secondary N) is 1. The first-order valence-electron chi connectivity index (χ1n) is 5.97. The number of alkyl halides is 3. The Hall–Kier alpha value is -2.39. The summed E-state index contributed by atoms with van der Waals surface area (Å²) in [7, 11) is 0. The maximum Gasteiger partial charge on any atom is 0.433 e. The Morgan fingerprint density at radius 3 is 2.62 bits per heavy atom. The van der Waals surface area contributed by atoms with Crippen molar-refractivity contribution >= 4 is 17.6 Å². The summed E-state index contributed by atoms with van der Waals surface area (Å²) in [6, 6.07) is -0.360. The summed E-state index contributed by atoms with van der Waals surface area (Å²) in [6.45, 7) is 3.27. The third kappa shape index (κ3) is 3.03. The number of aliphatic carboxylic acids is 1. The summed E-state index contributed by atoms with van der Waals surface area (Å²) in [5, 5.41) is 15.4. The van der Waals surface area contributed by atoms with Gasteiger partial charge < -0.3 is 10.4 Å². The lowest BCUT2D eigenvalue weighted by atomic mass is 10.1. The van der Waals surface area contributed by atoms with Crippen LogP contribution in [0.15, 0.2) is 12.4 Å². The van der Waals surface area contributed by atoms with E-state index in [9.17, 15) is 18.0 Å². The molecule has 114 valence electrons. The highest BCUT2D eigenvalue weighted by molar-refractivity contribution is 5.77. The van der Waals surface area contributed by atoms with Gasteiger partial charge in [0, 0.05) is 6.07 Å². The Kier molecular flexibility index (Phi) is 3.71. The van der Waals surface area contributed by atoms with Crippen LogP contribution < -0.4 is 5.32 Å². The van der Waals surface area contributed by atoms with Crippen LogP contribution in [0.25, 0.3) is 5.78 Å². The van der Waals surface area contributed by atoms with Crippen molar-refractivity contribution in [3.05, 3.63) is 18.1 Å². The van der Waals surface area contributed by atoms with Gasteiger partial charge in [-0.2, -0.15) is 27.8 Å². The second-order valence-corrected chi connectivity index (χ2v) is 4.70. The van der Waals surface area contributed by atoms with E-state index in [0.29, 0.717) is 6.07 Å². The van der Waals surface area contributed by atoms with Gasteiger partial charge in [-0.1, -0.05) is 13.8 Å². The van der Waals surface area contributed by atoms with E-state index < -0.39 is 23.9 Å². The van der Waals surface area contributed by atoms with Crippen LogP contribution in [0.1, 0.15) is 19.5 Å². The Morgan fingerprint density at radius 1 is 1.43 bits per heavy atom. The molecule has 0 saturated heterocycles. The van der Waals surface area contributed by atoms with Crippen LogP contribution in [0.2, 0.25) is 0 Å². The molecule has 0 spiro atoms. The third-order valence-corrected chi connectivity index (χ3v) is 2.78. The lowest BCUT2D eigenvalue weighted by Gasteiger charge is -2.20. The number of rotatable bonds is 4. The fraction of sp³-hybridized carbons (Fsp3) is 0.455. The van der Waals surface area contributed by atoms with Gasteiger partial charge in [0.05, 0.1) is 0 Å². The molecule has 7 nitrogen and oxygen atoms in total. The molecule has 0 radical (unpaired) electrons. The molecule has 2 N–H and O–H groups in total. The molecule has 2 aromatic heterocycles. The van der Waals surface area contributed by atoms with E-state index in [1.54, 1.807) is 13.8 Å². The smallest absolute Gasteiger partial charge is 0.433 e. The van der Waals surface area contributed by atoms with Crippen molar-refractivity contribution in [1.29, 1.82) is 0 Å². The molecule has 0 aliphatic carbocycles. The SMILES string of the molecule is CC(C)[C@@H](Nc1cc(C(F)(F)F)nc2ncnn12)C(=O)O. The maximum absolute atomic E-state index is 12.8. The number of hydrogen-bond acceptors (Lipinski definition) is 5. The van der Waals surface area contributed by atoms with E-state index in [-0.39, 0.29) is 17.5 Å². The predicted octanol–water partition coefficient (Wildman–Crippen LogP) is 1.66. The van der Waals surface area contributed by atoms with Crippen LogP contribution in [0.4, 0.5) is 19.0 Å². The molecule has 0 aliphatic rings. The average molecular weight is 303 g/mol. The standard InChI is InChI=1S/C11H12F3N5O2/c1-5(2)8(9(20)21)18-7-3-6(11(12,13)14)17-10-15-4-16-19(7)10/h3-5,8,18H,1-2H3,(H,20,21)/t8-/m1/s1. The highest BCUT2D eigenvalue weighted by Crippen LogP contribution is 2.29. The van der Waals surface area contributed by atoms with Crippen molar-refractivity contribution in [3.63, 3.8) is 0 Å². The first-order chi connectivity index (χ1) is 9.70. The Balaban J connectivity index is 2.51. The van der Waals surface area contributed by atoms with Crippen LogP contribution in [0.5, 0.6) is 0 Å². The second-order valence-electron chi connectivity index (χ2n) is 4.70. The van der Waals surface area contributed by atoms with Crippen molar-refractivity contribution in [2.45, 2.75) is 26.1 Å². The molecule has 0 amide bonds. The molecule has 21 heavy (non-hydrogen) atoms. The van der Waals surface area contributed by atoms with Gasteiger partial charge in [0.1, 0.15) is 18.2 Å². The zero-order chi connectivity index (χ0) is 15.8. The molecular formula is C11H12F3N5O2. The van der Waals surface area contributed by atoms with Crippen LogP contribution in [-0.2, 0) is 11.0 Å². The maximum atomic E-state index is 12.8. The van der Waals surface area contributed by atoms with Gasteiger partial charge >= 0.3 is 12.1 Å². The molecule has 0 fully saturated rings. The Labute approximate surface area is 116 Å². The molecule has 2 aromatic rings. The van der Waals surface area contributed by atoms with E-state index in [1.807, 2.05) is 0 Å². The number of nitrogens with zero attached hydrogens (tertiary/aromatic N) is 4. The number of carboxylic acids is 1. The number of carbonyl (C=O) groups is 1. The fourth-order valence-electron chi connectivity index (χ4n) is 1.73. The topological polar surface area (TPSA) is 92.4 Å². The minimum Gasteiger partial charge on any atom is -0.480 e. The zero-order valence-corrected chi connectivity index (χ0v) is 11.1. The zero-order valence-electron chi connectivity index (χ0n) is 11.1. The molecule has 0 bridgehead atoms. The Morgan fingerprint density at radius 2 is 2.10 bits per heavy atom. The molecule has 2 heterocycles. The summed E-state index contributed by atoms with van der Waals surface area (Å²) in [5.74, 6) is -1.92.